The zero-order valence-corrected chi connectivity index (χ0v) is 7.58. The third kappa shape index (κ3) is 2.21. The van der Waals surface area contributed by atoms with Gasteiger partial charge in [-0.3, -0.25) is 4.79 Å². The van der Waals surface area contributed by atoms with Gasteiger partial charge in [0.25, 0.3) is 0 Å². The third-order valence-electron chi connectivity index (χ3n) is 2.57. The first-order valence-corrected chi connectivity index (χ1v) is 4.59. The molecular weight excluding hydrogens is 154 g/mol. The molecule has 70 valence electrons. The molecule has 12 heavy (non-hydrogen) atoms. The second-order valence-corrected chi connectivity index (χ2v) is 3.43. The van der Waals surface area contributed by atoms with E-state index in [1.54, 1.807) is 0 Å². The molecule has 3 heteroatoms. The lowest BCUT2D eigenvalue weighted by Gasteiger charge is -2.17. The van der Waals surface area contributed by atoms with E-state index in [0.29, 0.717) is 0 Å². The summed E-state index contributed by atoms with van der Waals surface area (Å²) in [5.74, 6) is -0.193. The van der Waals surface area contributed by atoms with Crippen LogP contribution in [0.15, 0.2) is 0 Å². The average Bonchev–Trinajstić information content (AvgIpc) is 2.28. The standard InChI is InChI=1S/C9H17NO2/c1-12-9(11)7-5-3-2-4-6-8(7)10/h7-8H,2-6,10H2,1H3/t7-,8+/m0/s1. The maximum Gasteiger partial charge on any atom is 0.310 e. The number of hydrogen-bond donors (Lipinski definition) is 1. The van der Waals surface area contributed by atoms with E-state index in [4.69, 9.17) is 10.5 Å². The van der Waals surface area contributed by atoms with E-state index < -0.39 is 0 Å². The van der Waals surface area contributed by atoms with Gasteiger partial charge in [-0.15, -0.1) is 0 Å². The largest absolute Gasteiger partial charge is 0.469 e. The third-order valence-corrected chi connectivity index (χ3v) is 2.57. The monoisotopic (exact) mass is 171 g/mol. The predicted molar refractivity (Wildman–Crippen MR) is 46.6 cm³/mol. The average molecular weight is 171 g/mol. The van der Waals surface area contributed by atoms with Gasteiger partial charge < -0.3 is 10.5 Å². The molecule has 0 spiro atoms. The molecule has 0 aromatic carbocycles. The van der Waals surface area contributed by atoms with Gasteiger partial charge in [0, 0.05) is 6.04 Å². The Balaban J connectivity index is 2.52. The molecule has 0 aliphatic heterocycles. The fraction of sp³-hybridized carbons (Fsp3) is 0.889. The number of methoxy groups -OCH3 is 1. The number of nitrogens with two attached hydrogens (primary N) is 1. The van der Waals surface area contributed by atoms with Crippen LogP contribution in [-0.4, -0.2) is 19.1 Å². The Morgan fingerprint density at radius 2 is 2.00 bits per heavy atom. The Labute approximate surface area is 73.3 Å². The number of rotatable bonds is 1. The first-order valence-electron chi connectivity index (χ1n) is 4.59. The molecule has 1 rings (SSSR count). The predicted octanol–water partition coefficient (Wildman–Crippen LogP) is 1.07. The van der Waals surface area contributed by atoms with Crippen LogP contribution >= 0.6 is 0 Å². The summed E-state index contributed by atoms with van der Waals surface area (Å²) in [5.41, 5.74) is 5.85. The van der Waals surface area contributed by atoms with E-state index in [9.17, 15) is 4.79 Å². The molecule has 0 aromatic rings. The van der Waals surface area contributed by atoms with E-state index in [0.717, 1.165) is 25.7 Å². The summed E-state index contributed by atoms with van der Waals surface area (Å²) in [5, 5.41) is 0. The van der Waals surface area contributed by atoms with Crippen LogP contribution < -0.4 is 5.73 Å². The lowest BCUT2D eigenvalue weighted by Crippen LogP contribution is -2.35. The first-order chi connectivity index (χ1) is 5.75. The van der Waals surface area contributed by atoms with Gasteiger partial charge in [-0.05, 0) is 12.8 Å². The summed E-state index contributed by atoms with van der Waals surface area (Å²) < 4.78 is 4.70. The molecule has 3 nitrogen and oxygen atoms in total. The highest BCUT2D eigenvalue weighted by atomic mass is 16.5. The van der Waals surface area contributed by atoms with Crippen LogP contribution in [0.3, 0.4) is 0 Å². The van der Waals surface area contributed by atoms with Crippen LogP contribution in [0.5, 0.6) is 0 Å². The minimum absolute atomic E-state index is 0.0138. The Hall–Kier alpha value is -0.570. The van der Waals surface area contributed by atoms with Gasteiger partial charge in [0.1, 0.15) is 0 Å². The van der Waals surface area contributed by atoms with Gasteiger partial charge in [0.2, 0.25) is 0 Å². The number of esters is 1. The first kappa shape index (κ1) is 9.52. The fourth-order valence-corrected chi connectivity index (χ4v) is 1.78. The van der Waals surface area contributed by atoms with Crippen LogP contribution in [0.4, 0.5) is 0 Å². The van der Waals surface area contributed by atoms with Crippen LogP contribution in [0.25, 0.3) is 0 Å². The van der Waals surface area contributed by atoms with Crippen molar-refractivity contribution < 1.29 is 9.53 Å². The molecule has 0 saturated heterocycles. The van der Waals surface area contributed by atoms with Gasteiger partial charge in [-0.1, -0.05) is 19.3 Å². The van der Waals surface area contributed by atoms with Crippen molar-refractivity contribution in [2.45, 2.75) is 38.1 Å². The normalized spacial score (nSPS) is 30.8. The molecule has 1 saturated carbocycles. The highest BCUT2D eigenvalue weighted by Gasteiger charge is 2.27. The van der Waals surface area contributed by atoms with Crippen molar-refractivity contribution in [1.82, 2.24) is 0 Å². The zero-order valence-electron chi connectivity index (χ0n) is 7.58. The van der Waals surface area contributed by atoms with Gasteiger partial charge in [0.05, 0.1) is 13.0 Å². The fourth-order valence-electron chi connectivity index (χ4n) is 1.78. The maximum absolute atomic E-state index is 11.2. The smallest absolute Gasteiger partial charge is 0.310 e. The van der Waals surface area contributed by atoms with Crippen molar-refractivity contribution >= 4 is 5.97 Å². The SMILES string of the molecule is COC(=O)[C@H]1CCCCC[C@H]1N. The molecule has 1 aliphatic rings. The van der Waals surface area contributed by atoms with E-state index in [-0.39, 0.29) is 17.9 Å². The zero-order chi connectivity index (χ0) is 8.97. The number of ether oxygens (including phenoxy) is 1. The van der Waals surface area contributed by atoms with Crippen LogP contribution in [0, 0.1) is 5.92 Å². The van der Waals surface area contributed by atoms with Gasteiger partial charge >= 0.3 is 5.97 Å². The number of carbonyl (C=O) groups excluding carboxylic acids is 1. The maximum atomic E-state index is 11.2. The summed E-state index contributed by atoms with van der Waals surface area (Å²) in [7, 11) is 1.43. The molecule has 2 N–H and O–H groups in total. The highest BCUT2D eigenvalue weighted by Crippen LogP contribution is 2.22. The highest BCUT2D eigenvalue weighted by molar-refractivity contribution is 5.73. The van der Waals surface area contributed by atoms with E-state index in [2.05, 4.69) is 0 Å². The number of hydrogen-bond acceptors (Lipinski definition) is 3. The van der Waals surface area contributed by atoms with Gasteiger partial charge in [0.15, 0.2) is 0 Å². The Bertz CT molecular complexity index is 159. The lowest BCUT2D eigenvalue weighted by atomic mass is 9.96. The summed E-state index contributed by atoms with van der Waals surface area (Å²) in [6.45, 7) is 0. The van der Waals surface area contributed by atoms with Crippen molar-refractivity contribution in [3.63, 3.8) is 0 Å². The van der Waals surface area contributed by atoms with E-state index in [1.807, 2.05) is 0 Å². The van der Waals surface area contributed by atoms with Crippen molar-refractivity contribution in [2.75, 3.05) is 7.11 Å². The van der Waals surface area contributed by atoms with E-state index in [1.165, 1.54) is 13.5 Å². The minimum atomic E-state index is -0.135. The summed E-state index contributed by atoms with van der Waals surface area (Å²) in [4.78, 5) is 11.2. The molecule has 2 atom stereocenters. The van der Waals surface area contributed by atoms with Gasteiger partial charge in [-0.25, -0.2) is 0 Å². The quantitative estimate of drug-likeness (QED) is 0.474. The van der Waals surface area contributed by atoms with E-state index >= 15 is 0 Å². The molecule has 0 amide bonds. The molecular formula is C9H17NO2. The second kappa shape index (κ2) is 4.45. The summed E-state index contributed by atoms with van der Waals surface area (Å²) in [6, 6.07) is 0.0138. The van der Waals surface area contributed by atoms with Crippen LogP contribution in [-0.2, 0) is 9.53 Å². The minimum Gasteiger partial charge on any atom is -0.469 e. The topological polar surface area (TPSA) is 52.3 Å². The van der Waals surface area contributed by atoms with Crippen molar-refractivity contribution in [1.29, 1.82) is 0 Å². The van der Waals surface area contributed by atoms with Crippen molar-refractivity contribution in [2.24, 2.45) is 11.7 Å². The summed E-state index contributed by atoms with van der Waals surface area (Å²) >= 11 is 0. The van der Waals surface area contributed by atoms with Crippen molar-refractivity contribution in [3.8, 4) is 0 Å². The lowest BCUT2D eigenvalue weighted by molar-refractivity contribution is -0.146. The molecule has 0 heterocycles. The molecule has 0 bridgehead atoms. The summed E-state index contributed by atoms with van der Waals surface area (Å²) in [6.07, 6.45) is 5.30. The molecule has 0 unspecified atom stereocenters. The second-order valence-electron chi connectivity index (χ2n) is 3.43. The number of carbonyl (C=O) groups is 1. The van der Waals surface area contributed by atoms with Crippen LogP contribution in [0.2, 0.25) is 0 Å². The van der Waals surface area contributed by atoms with Gasteiger partial charge in [-0.2, -0.15) is 0 Å². The molecule has 1 aliphatic carbocycles. The molecule has 0 radical (unpaired) electrons. The van der Waals surface area contributed by atoms with Crippen molar-refractivity contribution in [3.05, 3.63) is 0 Å². The molecule has 0 aromatic heterocycles. The van der Waals surface area contributed by atoms with Crippen LogP contribution in [0.1, 0.15) is 32.1 Å². The Morgan fingerprint density at radius 3 is 2.67 bits per heavy atom. The Kier molecular flexibility index (Phi) is 3.53. The Morgan fingerprint density at radius 1 is 1.33 bits per heavy atom. The molecule has 1 fully saturated rings.